The van der Waals surface area contributed by atoms with Crippen LogP contribution in [0.1, 0.15) is 6.42 Å². The molecular formula is C9H14BrN3O2S. The molecule has 90 valence electrons. The van der Waals surface area contributed by atoms with Crippen molar-refractivity contribution >= 4 is 37.3 Å². The van der Waals surface area contributed by atoms with Gasteiger partial charge in [-0.25, -0.2) is 13.4 Å². The summed E-state index contributed by atoms with van der Waals surface area (Å²) in [7, 11) is -2.89. The first-order chi connectivity index (χ1) is 7.38. The smallest absolute Gasteiger partial charge is 0.147 e. The SMILES string of the molecule is CS(=O)(=O)CCCNc1ncc(N)cc1Br. The standard InChI is InChI=1S/C9H14BrN3O2S/c1-16(14,15)4-2-3-12-9-8(10)5-7(11)6-13-9/h5-6H,2-4,11H2,1H3,(H,12,13). The van der Waals surface area contributed by atoms with Gasteiger partial charge in [0, 0.05) is 12.8 Å². The summed E-state index contributed by atoms with van der Waals surface area (Å²) >= 11 is 3.32. The second-order valence-electron chi connectivity index (χ2n) is 3.51. The highest BCUT2D eigenvalue weighted by molar-refractivity contribution is 9.10. The molecule has 0 saturated heterocycles. The van der Waals surface area contributed by atoms with Crippen molar-refractivity contribution in [2.45, 2.75) is 6.42 Å². The second kappa shape index (κ2) is 5.49. The lowest BCUT2D eigenvalue weighted by molar-refractivity contribution is 0.600. The molecule has 3 N–H and O–H groups in total. The molecule has 0 radical (unpaired) electrons. The third kappa shape index (κ3) is 4.80. The first-order valence-corrected chi connectivity index (χ1v) is 7.56. The van der Waals surface area contributed by atoms with Crippen LogP contribution in [-0.2, 0) is 9.84 Å². The fourth-order valence-electron chi connectivity index (χ4n) is 1.12. The highest BCUT2D eigenvalue weighted by atomic mass is 79.9. The van der Waals surface area contributed by atoms with E-state index in [1.54, 1.807) is 12.3 Å². The molecule has 0 aliphatic heterocycles. The van der Waals surface area contributed by atoms with Crippen LogP contribution in [0.25, 0.3) is 0 Å². The van der Waals surface area contributed by atoms with E-state index in [1.807, 2.05) is 0 Å². The van der Waals surface area contributed by atoms with E-state index < -0.39 is 9.84 Å². The van der Waals surface area contributed by atoms with Gasteiger partial charge in [-0.2, -0.15) is 0 Å². The van der Waals surface area contributed by atoms with Crippen molar-refractivity contribution in [1.82, 2.24) is 4.98 Å². The number of aromatic nitrogens is 1. The van der Waals surface area contributed by atoms with Gasteiger partial charge in [0.1, 0.15) is 15.7 Å². The normalized spacial score (nSPS) is 11.4. The highest BCUT2D eigenvalue weighted by Crippen LogP contribution is 2.21. The van der Waals surface area contributed by atoms with E-state index in [0.717, 1.165) is 4.47 Å². The fourth-order valence-corrected chi connectivity index (χ4v) is 2.30. The molecule has 0 atom stereocenters. The van der Waals surface area contributed by atoms with Crippen LogP contribution in [0.5, 0.6) is 0 Å². The average Bonchev–Trinajstić information content (AvgIpc) is 2.13. The molecule has 5 nitrogen and oxygen atoms in total. The molecule has 0 aliphatic carbocycles. The Bertz CT molecular complexity index is 462. The Hall–Kier alpha value is -0.820. The Labute approximate surface area is 103 Å². The molecule has 0 bridgehead atoms. The number of nitrogens with one attached hydrogen (secondary N) is 1. The zero-order valence-corrected chi connectivity index (χ0v) is 11.3. The van der Waals surface area contributed by atoms with Crippen molar-refractivity contribution in [1.29, 1.82) is 0 Å². The summed E-state index contributed by atoms with van der Waals surface area (Å²) in [6.45, 7) is 0.558. The number of halogens is 1. The number of hydrogen-bond acceptors (Lipinski definition) is 5. The number of pyridine rings is 1. The van der Waals surface area contributed by atoms with Crippen molar-refractivity contribution in [3.05, 3.63) is 16.7 Å². The fraction of sp³-hybridized carbons (Fsp3) is 0.444. The second-order valence-corrected chi connectivity index (χ2v) is 6.62. The number of sulfone groups is 1. The quantitative estimate of drug-likeness (QED) is 0.800. The molecule has 0 fully saturated rings. The zero-order chi connectivity index (χ0) is 12.2. The van der Waals surface area contributed by atoms with Gasteiger partial charge in [0.05, 0.1) is 22.1 Å². The summed E-state index contributed by atoms with van der Waals surface area (Å²) in [6, 6.07) is 1.74. The number of nitrogens with two attached hydrogens (primary N) is 1. The molecular weight excluding hydrogens is 294 g/mol. The van der Waals surface area contributed by atoms with Gasteiger partial charge in [0.2, 0.25) is 0 Å². The Morgan fingerprint density at radius 3 is 2.81 bits per heavy atom. The highest BCUT2D eigenvalue weighted by Gasteiger charge is 2.03. The maximum atomic E-state index is 10.9. The largest absolute Gasteiger partial charge is 0.397 e. The van der Waals surface area contributed by atoms with Crippen molar-refractivity contribution < 1.29 is 8.42 Å². The van der Waals surface area contributed by atoms with Crippen molar-refractivity contribution in [2.75, 3.05) is 29.6 Å². The lowest BCUT2D eigenvalue weighted by atomic mass is 10.4. The van der Waals surface area contributed by atoms with Crippen LogP contribution in [0.4, 0.5) is 11.5 Å². The zero-order valence-electron chi connectivity index (χ0n) is 8.90. The molecule has 0 saturated carbocycles. The Morgan fingerprint density at radius 2 is 2.25 bits per heavy atom. The Morgan fingerprint density at radius 1 is 1.56 bits per heavy atom. The summed E-state index contributed by atoms with van der Waals surface area (Å²) in [4.78, 5) is 4.08. The predicted molar refractivity (Wildman–Crippen MR) is 69.2 cm³/mol. The number of anilines is 2. The molecule has 0 aromatic carbocycles. The van der Waals surface area contributed by atoms with E-state index in [4.69, 9.17) is 5.73 Å². The van der Waals surface area contributed by atoms with Crippen LogP contribution in [0.15, 0.2) is 16.7 Å². The predicted octanol–water partition coefficient (Wildman–Crippen LogP) is 1.27. The van der Waals surface area contributed by atoms with E-state index >= 15 is 0 Å². The van der Waals surface area contributed by atoms with Crippen LogP contribution in [-0.4, -0.2) is 32.0 Å². The van der Waals surface area contributed by atoms with Crippen molar-refractivity contribution in [3.8, 4) is 0 Å². The molecule has 7 heteroatoms. The van der Waals surface area contributed by atoms with E-state index in [9.17, 15) is 8.42 Å². The molecule has 1 aromatic rings. The summed E-state index contributed by atoms with van der Waals surface area (Å²) < 4.78 is 22.5. The van der Waals surface area contributed by atoms with Gasteiger partial charge in [-0.3, -0.25) is 0 Å². The van der Waals surface area contributed by atoms with Gasteiger partial charge >= 0.3 is 0 Å². The van der Waals surface area contributed by atoms with Gasteiger partial charge < -0.3 is 11.1 Å². The van der Waals surface area contributed by atoms with Gasteiger partial charge in [-0.15, -0.1) is 0 Å². The van der Waals surface area contributed by atoms with Gasteiger partial charge in [0.15, 0.2) is 0 Å². The number of nitrogens with zero attached hydrogens (tertiary/aromatic N) is 1. The number of nitrogen functional groups attached to an aromatic ring is 1. The third-order valence-electron chi connectivity index (χ3n) is 1.85. The molecule has 16 heavy (non-hydrogen) atoms. The van der Waals surface area contributed by atoms with Crippen LogP contribution in [0.2, 0.25) is 0 Å². The topological polar surface area (TPSA) is 85.1 Å². The van der Waals surface area contributed by atoms with Crippen LogP contribution in [0, 0.1) is 0 Å². The number of rotatable bonds is 5. The molecule has 0 amide bonds. The molecule has 0 unspecified atom stereocenters. The number of hydrogen-bond donors (Lipinski definition) is 2. The lowest BCUT2D eigenvalue weighted by Gasteiger charge is -2.07. The van der Waals surface area contributed by atoms with Crippen molar-refractivity contribution in [2.24, 2.45) is 0 Å². The first-order valence-electron chi connectivity index (χ1n) is 4.71. The summed E-state index contributed by atoms with van der Waals surface area (Å²) in [5.41, 5.74) is 6.12. The van der Waals surface area contributed by atoms with Gasteiger partial charge in [-0.05, 0) is 28.4 Å². The summed E-state index contributed by atoms with van der Waals surface area (Å²) in [5, 5.41) is 3.03. The molecule has 1 heterocycles. The molecule has 0 spiro atoms. The Kier molecular flexibility index (Phi) is 4.55. The lowest BCUT2D eigenvalue weighted by Crippen LogP contribution is -2.10. The van der Waals surface area contributed by atoms with Crippen LogP contribution < -0.4 is 11.1 Å². The van der Waals surface area contributed by atoms with Crippen LogP contribution >= 0.6 is 15.9 Å². The minimum atomic E-state index is -2.89. The van der Waals surface area contributed by atoms with E-state index in [1.165, 1.54) is 6.26 Å². The summed E-state index contributed by atoms with van der Waals surface area (Å²) in [6.07, 6.45) is 3.32. The van der Waals surface area contributed by atoms with Gasteiger partial charge in [-0.1, -0.05) is 0 Å². The minimum Gasteiger partial charge on any atom is -0.397 e. The maximum Gasteiger partial charge on any atom is 0.147 e. The summed E-state index contributed by atoms with van der Waals surface area (Å²) in [5.74, 6) is 0.842. The minimum absolute atomic E-state index is 0.173. The monoisotopic (exact) mass is 307 g/mol. The first kappa shape index (κ1) is 13.2. The van der Waals surface area contributed by atoms with Crippen LogP contribution in [0.3, 0.4) is 0 Å². The Balaban J connectivity index is 2.43. The van der Waals surface area contributed by atoms with E-state index in [-0.39, 0.29) is 5.75 Å². The van der Waals surface area contributed by atoms with E-state index in [0.29, 0.717) is 24.5 Å². The molecule has 1 rings (SSSR count). The van der Waals surface area contributed by atoms with Crippen molar-refractivity contribution in [3.63, 3.8) is 0 Å². The molecule has 1 aromatic heterocycles. The maximum absolute atomic E-state index is 10.9. The molecule has 0 aliphatic rings. The average molecular weight is 308 g/mol. The van der Waals surface area contributed by atoms with E-state index in [2.05, 4.69) is 26.2 Å². The van der Waals surface area contributed by atoms with Gasteiger partial charge in [0.25, 0.3) is 0 Å². The third-order valence-corrected chi connectivity index (χ3v) is 3.48.